The Morgan fingerprint density at radius 1 is 0.906 bits per heavy atom. The largest absolute Gasteiger partial charge is 0.495 e. The molecule has 0 aromatic heterocycles. The fraction of sp³-hybridized carbons (Fsp3) is 0.0476. The van der Waals surface area contributed by atoms with Gasteiger partial charge in [-0.05, 0) is 60.7 Å². The zero-order valence-corrected chi connectivity index (χ0v) is 18.8. The number of halogens is 2. The maximum Gasteiger partial charge on any atom is 0.337 e. The zero-order chi connectivity index (χ0) is 23.5. The smallest absolute Gasteiger partial charge is 0.337 e. The van der Waals surface area contributed by atoms with E-state index in [0.29, 0.717) is 5.02 Å². The minimum atomic E-state index is -4.00. The van der Waals surface area contributed by atoms with Crippen LogP contribution in [0.5, 0.6) is 5.75 Å². The molecule has 0 aliphatic rings. The van der Waals surface area contributed by atoms with Gasteiger partial charge in [-0.25, -0.2) is 13.2 Å². The molecule has 8 nitrogen and oxygen atoms in total. The number of carboxylic acids is 1. The molecular weight excluding hydrogens is 479 g/mol. The van der Waals surface area contributed by atoms with Crippen molar-refractivity contribution in [3.8, 4) is 5.75 Å². The van der Waals surface area contributed by atoms with Gasteiger partial charge in [-0.1, -0.05) is 23.2 Å². The first-order chi connectivity index (χ1) is 15.1. The molecule has 3 rings (SSSR count). The molecule has 0 saturated heterocycles. The number of rotatable bonds is 7. The predicted molar refractivity (Wildman–Crippen MR) is 122 cm³/mol. The number of carbonyl (C=O) groups is 2. The Bertz CT molecular complexity index is 1290. The van der Waals surface area contributed by atoms with Gasteiger partial charge in [0.15, 0.2) is 0 Å². The van der Waals surface area contributed by atoms with Crippen LogP contribution in [0.15, 0.2) is 65.6 Å². The standard InChI is InChI=1S/C21H16Cl2N2O6S/c1-31-19-9-5-14(23)11-18(19)25-32(29,30)15-6-2-12(3-7-15)20(26)24-17-8-4-13(22)10-16(17)21(27)28/h2-11,25H,1H3,(H,24,26)(H,27,28). The molecule has 0 unspecified atom stereocenters. The van der Waals surface area contributed by atoms with Crippen molar-refractivity contribution in [3.05, 3.63) is 81.8 Å². The van der Waals surface area contributed by atoms with Crippen molar-refractivity contribution in [2.24, 2.45) is 0 Å². The summed E-state index contributed by atoms with van der Waals surface area (Å²) in [6.45, 7) is 0. The number of sulfonamides is 1. The highest BCUT2D eigenvalue weighted by Crippen LogP contribution is 2.30. The number of carbonyl (C=O) groups excluding carboxylic acids is 1. The third-order valence-corrected chi connectivity index (χ3v) is 6.14. The van der Waals surface area contributed by atoms with Gasteiger partial charge in [0.2, 0.25) is 0 Å². The second-order valence-corrected chi connectivity index (χ2v) is 8.98. The third-order valence-electron chi connectivity index (χ3n) is 4.29. The van der Waals surface area contributed by atoms with Crippen molar-refractivity contribution in [2.45, 2.75) is 4.90 Å². The van der Waals surface area contributed by atoms with E-state index in [2.05, 4.69) is 10.0 Å². The van der Waals surface area contributed by atoms with Crippen LogP contribution in [0, 0.1) is 0 Å². The monoisotopic (exact) mass is 494 g/mol. The lowest BCUT2D eigenvalue weighted by Crippen LogP contribution is -2.16. The maximum atomic E-state index is 12.7. The molecule has 3 N–H and O–H groups in total. The first kappa shape index (κ1) is 23.4. The number of hydrogen-bond donors (Lipinski definition) is 3. The molecule has 32 heavy (non-hydrogen) atoms. The molecule has 0 heterocycles. The zero-order valence-electron chi connectivity index (χ0n) is 16.4. The van der Waals surface area contributed by atoms with E-state index >= 15 is 0 Å². The summed E-state index contributed by atoms with van der Waals surface area (Å²) in [6.07, 6.45) is 0. The lowest BCUT2D eigenvalue weighted by atomic mass is 10.1. The van der Waals surface area contributed by atoms with Gasteiger partial charge in [0.05, 0.1) is 28.9 Å². The number of carboxylic acid groups (broad SMARTS) is 1. The number of nitrogens with one attached hydrogen (secondary N) is 2. The summed E-state index contributed by atoms with van der Waals surface area (Å²) in [5, 5.41) is 12.3. The van der Waals surface area contributed by atoms with E-state index in [1.165, 1.54) is 61.7 Å². The molecule has 0 aliphatic heterocycles. The summed E-state index contributed by atoms with van der Waals surface area (Å²) < 4.78 is 33.0. The Morgan fingerprint density at radius 3 is 2.16 bits per heavy atom. The Hall–Kier alpha value is -3.27. The molecule has 0 atom stereocenters. The topological polar surface area (TPSA) is 122 Å². The van der Waals surface area contributed by atoms with Gasteiger partial charge in [-0.2, -0.15) is 0 Å². The highest BCUT2D eigenvalue weighted by atomic mass is 35.5. The quantitative estimate of drug-likeness (QED) is 0.435. The van der Waals surface area contributed by atoms with Crippen molar-refractivity contribution < 1.29 is 27.9 Å². The van der Waals surface area contributed by atoms with Crippen molar-refractivity contribution in [1.82, 2.24) is 0 Å². The number of ether oxygens (including phenoxy) is 1. The Kier molecular flexibility index (Phi) is 6.93. The highest BCUT2D eigenvalue weighted by molar-refractivity contribution is 7.92. The summed E-state index contributed by atoms with van der Waals surface area (Å²) in [5.74, 6) is -1.60. The number of methoxy groups -OCH3 is 1. The summed E-state index contributed by atoms with van der Waals surface area (Å²) in [7, 11) is -2.61. The number of aromatic carboxylic acids is 1. The van der Waals surface area contributed by atoms with E-state index in [0.717, 1.165) is 0 Å². The predicted octanol–water partition coefficient (Wildman–Crippen LogP) is 4.75. The molecule has 0 fully saturated rings. The van der Waals surface area contributed by atoms with E-state index in [9.17, 15) is 23.1 Å². The van der Waals surface area contributed by atoms with E-state index in [1.54, 1.807) is 6.07 Å². The van der Waals surface area contributed by atoms with Crippen LogP contribution in [0.25, 0.3) is 0 Å². The van der Waals surface area contributed by atoms with Crippen molar-refractivity contribution in [1.29, 1.82) is 0 Å². The summed E-state index contributed by atoms with van der Waals surface area (Å²) in [4.78, 5) is 23.8. The van der Waals surface area contributed by atoms with Crippen LogP contribution < -0.4 is 14.8 Å². The van der Waals surface area contributed by atoms with Gasteiger partial charge in [-0.3, -0.25) is 9.52 Å². The van der Waals surface area contributed by atoms with E-state index in [1.807, 2.05) is 0 Å². The van der Waals surface area contributed by atoms with Crippen LogP contribution in [0.1, 0.15) is 20.7 Å². The number of anilines is 2. The number of benzene rings is 3. The summed E-state index contributed by atoms with van der Waals surface area (Å²) in [5.41, 5.74) is 0.157. The fourth-order valence-corrected chi connectivity index (χ4v) is 4.15. The van der Waals surface area contributed by atoms with Crippen LogP contribution in [0.4, 0.5) is 11.4 Å². The van der Waals surface area contributed by atoms with Gasteiger partial charge in [0.25, 0.3) is 15.9 Å². The second-order valence-electron chi connectivity index (χ2n) is 6.42. The lowest BCUT2D eigenvalue weighted by molar-refractivity contribution is 0.0698. The van der Waals surface area contributed by atoms with Crippen molar-refractivity contribution in [3.63, 3.8) is 0 Å². The average molecular weight is 495 g/mol. The molecule has 3 aromatic rings. The fourth-order valence-electron chi connectivity index (χ4n) is 2.75. The van der Waals surface area contributed by atoms with Crippen molar-refractivity contribution in [2.75, 3.05) is 17.1 Å². The first-order valence-electron chi connectivity index (χ1n) is 8.91. The van der Waals surface area contributed by atoms with Crippen LogP contribution >= 0.6 is 23.2 Å². The van der Waals surface area contributed by atoms with Gasteiger partial charge in [0.1, 0.15) is 5.75 Å². The molecule has 166 valence electrons. The van der Waals surface area contributed by atoms with E-state index < -0.39 is 21.9 Å². The third kappa shape index (κ3) is 5.31. The van der Waals surface area contributed by atoms with E-state index in [4.69, 9.17) is 27.9 Å². The van der Waals surface area contributed by atoms with Crippen LogP contribution in [-0.4, -0.2) is 32.5 Å². The highest BCUT2D eigenvalue weighted by Gasteiger charge is 2.19. The second kappa shape index (κ2) is 9.47. The Labute approximate surface area is 193 Å². The number of hydrogen-bond acceptors (Lipinski definition) is 5. The molecule has 0 bridgehead atoms. The van der Waals surface area contributed by atoms with Crippen LogP contribution in [0.3, 0.4) is 0 Å². The van der Waals surface area contributed by atoms with E-state index in [-0.39, 0.29) is 38.2 Å². The molecule has 0 spiro atoms. The minimum absolute atomic E-state index is 0.0540. The van der Waals surface area contributed by atoms with Gasteiger partial charge >= 0.3 is 5.97 Å². The molecule has 11 heteroatoms. The van der Waals surface area contributed by atoms with Gasteiger partial charge < -0.3 is 15.2 Å². The lowest BCUT2D eigenvalue weighted by Gasteiger charge is -2.13. The van der Waals surface area contributed by atoms with Gasteiger partial charge in [0, 0.05) is 15.6 Å². The Morgan fingerprint density at radius 2 is 1.53 bits per heavy atom. The van der Waals surface area contributed by atoms with Crippen molar-refractivity contribution >= 4 is 56.5 Å². The normalized spacial score (nSPS) is 11.0. The summed E-state index contributed by atoms with van der Waals surface area (Å²) >= 11 is 11.7. The molecule has 1 amide bonds. The number of amides is 1. The molecule has 3 aromatic carbocycles. The average Bonchev–Trinajstić information content (AvgIpc) is 2.75. The molecule has 0 radical (unpaired) electrons. The van der Waals surface area contributed by atoms with Crippen LogP contribution in [-0.2, 0) is 10.0 Å². The summed E-state index contributed by atoms with van der Waals surface area (Å²) in [6, 6.07) is 13.6. The molecule has 0 aliphatic carbocycles. The molecule has 0 saturated carbocycles. The molecular formula is C21H16Cl2N2O6S. The maximum absolute atomic E-state index is 12.7. The SMILES string of the molecule is COc1ccc(Cl)cc1NS(=O)(=O)c1ccc(C(=O)Nc2ccc(Cl)cc2C(=O)O)cc1. The van der Waals surface area contributed by atoms with Crippen LogP contribution in [0.2, 0.25) is 10.0 Å². The van der Waals surface area contributed by atoms with Gasteiger partial charge in [-0.15, -0.1) is 0 Å². The Balaban J connectivity index is 1.81. The first-order valence-corrected chi connectivity index (χ1v) is 11.2. The minimum Gasteiger partial charge on any atom is -0.495 e.